The number of nitrogens with zero attached hydrogens (tertiary/aromatic N) is 2. The molecule has 0 aromatic heterocycles. The van der Waals surface area contributed by atoms with Crippen LogP contribution in [0, 0.1) is 15.9 Å². The summed E-state index contributed by atoms with van der Waals surface area (Å²) in [6.07, 6.45) is 1.73. The molecule has 0 bridgehead atoms. The zero-order valence-corrected chi connectivity index (χ0v) is 9.89. The van der Waals surface area contributed by atoms with Gasteiger partial charge in [0.1, 0.15) is 11.4 Å². The van der Waals surface area contributed by atoms with Gasteiger partial charge in [0.25, 0.3) is 0 Å². The van der Waals surface area contributed by atoms with Crippen LogP contribution in [0.4, 0.5) is 15.8 Å². The third-order valence-corrected chi connectivity index (χ3v) is 2.71. The molecule has 0 amide bonds. The lowest BCUT2D eigenvalue weighted by Gasteiger charge is -2.27. The van der Waals surface area contributed by atoms with E-state index in [9.17, 15) is 14.5 Å². The van der Waals surface area contributed by atoms with E-state index in [4.69, 9.17) is 9.57 Å². The average Bonchev–Trinajstić information content (AvgIpc) is 2.38. The largest absolute Gasteiger partial charge is 0.497 e. The van der Waals surface area contributed by atoms with Crippen molar-refractivity contribution in [2.75, 3.05) is 25.3 Å². The Kier molecular flexibility index (Phi) is 3.61. The summed E-state index contributed by atoms with van der Waals surface area (Å²) in [6, 6.07) is 2.40. The van der Waals surface area contributed by atoms with Gasteiger partial charge in [0, 0.05) is 18.7 Å². The van der Waals surface area contributed by atoms with Crippen LogP contribution in [0.3, 0.4) is 0 Å². The summed E-state index contributed by atoms with van der Waals surface area (Å²) in [5, 5.41) is 12.3. The topological polar surface area (TPSA) is 64.8 Å². The van der Waals surface area contributed by atoms with E-state index in [1.165, 1.54) is 18.2 Å². The van der Waals surface area contributed by atoms with Crippen LogP contribution in [0.5, 0.6) is 5.75 Å². The molecule has 1 saturated heterocycles. The van der Waals surface area contributed by atoms with Crippen LogP contribution >= 0.6 is 0 Å². The summed E-state index contributed by atoms with van der Waals surface area (Å²) < 4.78 is 18.6. The third kappa shape index (κ3) is 2.35. The van der Waals surface area contributed by atoms with Gasteiger partial charge in [-0.15, -0.1) is 0 Å². The van der Waals surface area contributed by atoms with Crippen molar-refractivity contribution in [3.05, 3.63) is 28.1 Å². The zero-order valence-electron chi connectivity index (χ0n) is 9.89. The van der Waals surface area contributed by atoms with Gasteiger partial charge in [-0.1, -0.05) is 0 Å². The number of hydroxylamine groups is 1. The lowest BCUT2D eigenvalue weighted by molar-refractivity contribution is -0.387. The first-order valence-corrected chi connectivity index (χ1v) is 5.56. The highest BCUT2D eigenvalue weighted by molar-refractivity contribution is 5.65. The minimum absolute atomic E-state index is 0.0940. The van der Waals surface area contributed by atoms with Crippen LogP contribution in [0.15, 0.2) is 12.1 Å². The molecule has 2 rings (SSSR count). The predicted molar refractivity (Wildman–Crippen MR) is 62.1 cm³/mol. The predicted octanol–water partition coefficient (Wildman–Crippen LogP) is 2.27. The van der Waals surface area contributed by atoms with E-state index in [2.05, 4.69) is 0 Å². The first kappa shape index (κ1) is 12.6. The van der Waals surface area contributed by atoms with E-state index in [1.54, 1.807) is 0 Å². The first-order chi connectivity index (χ1) is 8.63. The Morgan fingerprint density at radius 3 is 2.83 bits per heavy atom. The van der Waals surface area contributed by atoms with Crippen molar-refractivity contribution in [2.24, 2.45) is 0 Å². The highest BCUT2D eigenvalue weighted by Crippen LogP contribution is 2.36. The maximum Gasteiger partial charge on any atom is 0.330 e. The normalized spacial score (nSPS) is 15.6. The minimum atomic E-state index is -0.927. The van der Waals surface area contributed by atoms with E-state index < -0.39 is 16.4 Å². The van der Waals surface area contributed by atoms with Gasteiger partial charge in [-0.2, -0.15) is 4.39 Å². The Hall–Kier alpha value is -1.89. The van der Waals surface area contributed by atoms with Crippen molar-refractivity contribution in [1.29, 1.82) is 0 Å². The molecule has 98 valence electrons. The fourth-order valence-corrected chi connectivity index (χ4v) is 1.84. The molecule has 0 atom stereocenters. The molecule has 1 aromatic carbocycles. The van der Waals surface area contributed by atoms with Crippen molar-refractivity contribution in [1.82, 2.24) is 0 Å². The van der Waals surface area contributed by atoms with Gasteiger partial charge in [0.2, 0.25) is 5.82 Å². The molecule has 18 heavy (non-hydrogen) atoms. The molecule has 1 aromatic rings. The van der Waals surface area contributed by atoms with Crippen molar-refractivity contribution in [2.45, 2.75) is 12.8 Å². The fourth-order valence-electron chi connectivity index (χ4n) is 1.84. The van der Waals surface area contributed by atoms with Crippen LogP contribution in [-0.4, -0.2) is 25.2 Å². The van der Waals surface area contributed by atoms with Gasteiger partial charge >= 0.3 is 5.69 Å². The summed E-state index contributed by atoms with van der Waals surface area (Å²) in [5.41, 5.74) is -0.491. The maximum atomic E-state index is 13.7. The Labute approximate surface area is 103 Å². The molecule has 0 radical (unpaired) electrons. The van der Waals surface area contributed by atoms with Crippen LogP contribution in [-0.2, 0) is 4.84 Å². The smallest absolute Gasteiger partial charge is 0.330 e. The van der Waals surface area contributed by atoms with Gasteiger partial charge in [0.05, 0.1) is 18.6 Å². The molecule has 0 spiro atoms. The number of anilines is 1. The molecule has 1 aliphatic rings. The molecule has 1 heterocycles. The molecule has 0 aliphatic carbocycles. The highest BCUT2D eigenvalue weighted by Gasteiger charge is 2.27. The van der Waals surface area contributed by atoms with E-state index in [-0.39, 0.29) is 11.4 Å². The number of hydrogen-bond donors (Lipinski definition) is 0. The van der Waals surface area contributed by atoms with E-state index in [0.29, 0.717) is 13.2 Å². The summed E-state index contributed by atoms with van der Waals surface area (Å²) in [7, 11) is 1.38. The summed E-state index contributed by atoms with van der Waals surface area (Å²) in [6.45, 7) is 0.962. The monoisotopic (exact) mass is 256 g/mol. The fraction of sp³-hybridized carbons (Fsp3) is 0.455. The SMILES string of the molecule is COc1cc(F)c([N+](=O)[O-])c(N2CCCCO2)c1. The molecular formula is C11H13FN2O4. The van der Waals surface area contributed by atoms with Crippen molar-refractivity contribution in [3.63, 3.8) is 0 Å². The number of methoxy groups -OCH3 is 1. The van der Waals surface area contributed by atoms with Gasteiger partial charge in [-0.25, -0.2) is 5.06 Å². The molecule has 1 aliphatic heterocycles. The van der Waals surface area contributed by atoms with Gasteiger partial charge in [-0.3, -0.25) is 15.0 Å². The lowest BCUT2D eigenvalue weighted by Crippen LogP contribution is -2.30. The van der Waals surface area contributed by atoms with Crippen molar-refractivity contribution < 1.29 is 18.9 Å². The van der Waals surface area contributed by atoms with Crippen LogP contribution in [0.25, 0.3) is 0 Å². The first-order valence-electron chi connectivity index (χ1n) is 5.56. The summed E-state index contributed by atoms with van der Waals surface area (Å²) in [5.74, 6) is -0.703. The Morgan fingerprint density at radius 2 is 2.28 bits per heavy atom. The molecular weight excluding hydrogens is 243 g/mol. The average molecular weight is 256 g/mol. The van der Waals surface area contributed by atoms with E-state index in [0.717, 1.165) is 18.9 Å². The second-order valence-corrected chi connectivity index (χ2v) is 3.88. The van der Waals surface area contributed by atoms with Gasteiger partial charge in [-0.05, 0) is 12.8 Å². The molecule has 7 heteroatoms. The number of rotatable bonds is 3. The molecule has 0 unspecified atom stereocenters. The van der Waals surface area contributed by atoms with Crippen molar-refractivity contribution >= 4 is 11.4 Å². The van der Waals surface area contributed by atoms with Crippen LogP contribution < -0.4 is 9.80 Å². The Bertz CT molecular complexity index is 461. The summed E-state index contributed by atoms with van der Waals surface area (Å²) >= 11 is 0. The summed E-state index contributed by atoms with van der Waals surface area (Å²) in [4.78, 5) is 15.5. The molecule has 0 N–H and O–H groups in total. The number of nitro groups is 1. The lowest BCUT2D eigenvalue weighted by atomic mass is 10.2. The second-order valence-electron chi connectivity index (χ2n) is 3.88. The van der Waals surface area contributed by atoms with E-state index >= 15 is 0 Å². The van der Waals surface area contributed by atoms with Gasteiger partial charge in [0.15, 0.2) is 0 Å². The molecule has 6 nitrogen and oxygen atoms in total. The quantitative estimate of drug-likeness (QED) is 0.613. The van der Waals surface area contributed by atoms with Crippen LogP contribution in [0.1, 0.15) is 12.8 Å². The molecule has 0 saturated carbocycles. The molecule has 1 fully saturated rings. The van der Waals surface area contributed by atoms with Gasteiger partial charge < -0.3 is 4.74 Å². The number of benzene rings is 1. The highest BCUT2D eigenvalue weighted by atomic mass is 19.1. The Balaban J connectivity index is 2.47. The van der Waals surface area contributed by atoms with Crippen molar-refractivity contribution in [3.8, 4) is 5.75 Å². The number of halogens is 1. The number of nitro benzene ring substituents is 1. The third-order valence-electron chi connectivity index (χ3n) is 2.71. The maximum absolute atomic E-state index is 13.7. The number of ether oxygens (including phenoxy) is 1. The number of hydrogen-bond acceptors (Lipinski definition) is 5. The second kappa shape index (κ2) is 5.18. The standard InChI is InChI=1S/C11H13FN2O4/c1-17-8-6-9(12)11(14(15)16)10(7-8)13-4-2-3-5-18-13/h6-7H,2-5H2,1H3. The van der Waals surface area contributed by atoms with E-state index in [1.807, 2.05) is 0 Å². The zero-order chi connectivity index (χ0) is 13.1. The van der Waals surface area contributed by atoms with Crippen LogP contribution in [0.2, 0.25) is 0 Å². The Morgan fingerprint density at radius 1 is 1.50 bits per heavy atom. The minimum Gasteiger partial charge on any atom is -0.497 e.